The van der Waals surface area contributed by atoms with Crippen molar-refractivity contribution in [3.05, 3.63) is 12.7 Å². The highest BCUT2D eigenvalue weighted by Crippen LogP contribution is 1.84. The Labute approximate surface area is 72.1 Å². The van der Waals surface area contributed by atoms with E-state index in [0.717, 1.165) is 18.9 Å². The van der Waals surface area contributed by atoms with Crippen molar-refractivity contribution >= 4 is 5.97 Å². The molecule has 0 saturated heterocycles. The fourth-order valence-electron chi connectivity index (χ4n) is 0.262. The summed E-state index contributed by atoms with van der Waals surface area (Å²) in [7, 11) is 0. The van der Waals surface area contributed by atoms with Crippen LogP contribution in [-0.4, -0.2) is 17.7 Å². The van der Waals surface area contributed by atoms with Crippen LogP contribution in [0.5, 0.6) is 0 Å². The molecule has 0 saturated carbocycles. The van der Waals surface area contributed by atoms with E-state index in [1.165, 1.54) is 0 Å². The predicted molar refractivity (Wildman–Crippen MR) is 44.3 cm³/mol. The van der Waals surface area contributed by atoms with Gasteiger partial charge in [-0.1, -0.05) is 19.9 Å². The number of carboxylic acid groups (broad SMARTS) is 1. The van der Waals surface area contributed by atoms with Crippen molar-refractivity contribution < 1.29 is 14.6 Å². The summed E-state index contributed by atoms with van der Waals surface area (Å²) < 4.78 is 4.38. The maximum Gasteiger partial charge on any atom is 0.327 e. The van der Waals surface area contributed by atoms with Crippen LogP contribution < -0.4 is 0 Å². The van der Waals surface area contributed by atoms with Gasteiger partial charge in [0.05, 0.1) is 0 Å². The van der Waals surface area contributed by atoms with Gasteiger partial charge in [-0.25, -0.2) is 4.79 Å². The summed E-state index contributed by atoms with van der Waals surface area (Å²) in [6.45, 7) is 5.59. The zero-order chi connectivity index (χ0) is 9.82. The zero-order valence-electron chi connectivity index (χ0n) is 7.12. The summed E-state index contributed by atoms with van der Waals surface area (Å²) in [6.07, 6.45) is 4.50. The highest BCUT2D eigenvalue weighted by Gasteiger charge is 1.78. The van der Waals surface area contributed by atoms with Gasteiger partial charge in [-0.2, -0.15) is 5.26 Å². The van der Waals surface area contributed by atoms with Crippen LogP contribution in [0.2, 0.25) is 0 Å². The summed E-state index contributed by atoms with van der Waals surface area (Å²) in [5.74, 6) is -0.981. The molecule has 0 aliphatic rings. The molecule has 0 amide bonds. The van der Waals surface area contributed by atoms with Crippen molar-refractivity contribution in [2.45, 2.75) is 19.8 Å². The molecular formula is C8H13NO3. The summed E-state index contributed by atoms with van der Waals surface area (Å²) in [6, 6.07) is 0. The molecule has 0 bridgehead atoms. The van der Waals surface area contributed by atoms with Crippen molar-refractivity contribution in [3.8, 4) is 6.26 Å². The molecule has 0 heterocycles. The van der Waals surface area contributed by atoms with Crippen LogP contribution in [-0.2, 0) is 9.53 Å². The molecule has 0 aliphatic carbocycles. The van der Waals surface area contributed by atoms with Gasteiger partial charge in [0, 0.05) is 6.08 Å². The molecule has 0 unspecified atom stereocenters. The Kier molecular flexibility index (Phi) is 13.3. The topological polar surface area (TPSA) is 70.3 Å². The second kappa shape index (κ2) is 12.2. The van der Waals surface area contributed by atoms with Crippen LogP contribution in [0.4, 0.5) is 0 Å². The highest BCUT2D eigenvalue weighted by molar-refractivity contribution is 5.78. The smallest absolute Gasteiger partial charge is 0.327 e. The first-order valence-corrected chi connectivity index (χ1v) is 3.55. The van der Waals surface area contributed by atoms with Crippen molar-refractivity contribution in [1.29, 1.82) is 5.26 Å². The van der Waals surface area contributed by atoms with Crippen molar-refractivity contribution in [2.24, 2.45) is 0 Å². The minimum Gasteiger partial charge on any atom is -0.478 e. The quantitative estimate of drug-likeness (QED) is 0.395. The lowest BCUT2D eigenvalue weighted by Crippen LogP contribution is -1.83. The minimum atomic E-state index is -0.981. The van der Waals surface area contributed by atoms with Crippen LogP contribution in [0.1, 0.15) is 19.8 Å². The molecule has 0 aromatic heterocycles. The average Bonchev–Trinajstić information content (AvgIpc) is 2.07. The van der Waals surface area contributed by atoms with E-state index in [1.54, 1.807) is 6.26 Å². The van der Waals surface area contributed by atoms with Crippen LogP contribution in [0, 0.1) is 11.5 Å². The van der Waals surface area contributed by atoms with Crippen molar-refractivity contribution in [3.63, 3.8) is 0 Å². The van der Waals surface area contributed by atoms with Crippen LogP contribution in [0.25, 0.3) is 0 Å². The van der Waals surface area contributed by atoms with E-state index >= 15 is 0 Å². The molecule has 0 radical (unpaired) electrons. The molecular weight excluding hydrogens is 158 g/mol. The van der Waals surface area contributed by atoms with Gasteiger partial charge in [-0.05, 0) is 6.42 Å². The Balaban J connectivity index is 0. The molecule has 12 heavy (non-hydrogen) atoms. The Morgan fingerprint density at radius 1 is 1.83 bits per heavy atom. The Bertz CT molecular complexity index is 160. The van der Waals surface area contributed by atoms with E-state index in [1.807, 2.05) is 0 Å². The molecule has 0 aromatic carbocycles. The number of unbranched alkanes of at least 4 members (excludes halogenated alkanes) is 1. The molecule has 0 aliphatic heterocycles. The third-order valence-electron chi connectivity index (χ3n) is 0.839. The predicted octanol–water partition coefficient (Wildman–Crippen LogP) is 1.54. The maximum atomic E-state index is 9.25. The van der Waals surface area contributed by atoms with Crippen LogP contribution in [0.3, 0.4) is 0 Å². The standard InChI is InChI=1S/C5H9NO.C3H4O2/c1-2-3-4-7-5-6;1-2-3(4)5/h2-4H2,1H3;2H,1H2,(H,4,5). The molecule has 0 rings (SSSR count). The number of nitriles is 1. The Morgan fingerprint density at radius 2 is 2.33 bits per heavy atom. The summed E-state index contributed by atoms with van der Waals surface area (Å²) in [5.41, 5.74) is 0. The molecule has 0 spiro atoms. The van der Waals surface area contributed by atoms with E-state index in [0.29, 0.717) is 6.61 Å². The molecule has 1 N–H and O–H groups in total. The van der Waals surface area contributed by atoms with Gasteiger partial charge < -0.3 is 9.84 Å². The number of hydrogen-bond donors (Lipinski definition) is 1. The van der Waals surface area contributed by atoms with Crippen LogP contribution in [0.15, 0.2) is 12.7 Å². The third-order valence-corrected chi connectivity index (χ3v) is 0.839. The maximum absolute atomic E-state index is 9.25. The lowest BCUT2D eigenvalue weighted by atomic mass is 10.4. The van der Waals surface area contributed by atoms with Gasteiger partial charge in [0.2, 0.25) is 0 Å². The van der Waals surface area contributed by atoms with Crippen molar-refractivity contribution in [2.75, 3.05) is 6.61 Å². The van der Waals surface area contributed by atoms with Gasteiger partial charge in [0.25, 0.3) is 6.26 Å². The van der Waals surface area contributed by atoms with Gasteiger partial charge in [0.15, 0.2) is 0 Å². The number of nitrogens with zero attached hydrogens (tertiary/aromatic N) is 1. The number of ether oxygens (including phenoxy) is 1. The molecule has 68 valence electrons. The minimum absolute atomic E-state index is 0.576. The summed E-state index contributed by atoms with van der Waals surface area (Å²) in [5, 5.41) is 15.4. The SMILES string of the molecule is C=CC(=O)O.CCCCOC#N. The van der Waals surface area contributed by atoms with Gasteiger partial charge in [0.1, 0.15) is 6.61 Å². The highest BCUT2D eigenvalue weighted by atomic mass is 16.5. The van der Waals surface area contributed by atoms with E-state index < -0.39 is 5.97 Å². The fraction of sp³-hybridized carbons (Fsp3) is 0.500. The van der Waals surface area contributed by atoms with Crippen molar-refractivity contribution in [1.82, 2.24) is 0 Å². The second-order valence-electron chi connectivity index (χ2n) is 1.84. The lowest BCUT2D eigenvalue weighted by molar-refractivity contribution is -0.131. The molecule has 4 nitrogen and oxygen atoms in total. The number of carboxylic acids is 1. The van der Waals surface area contributed by atoms with E-state index in [2.05, 4.69) is 18.2 Å². The zero-order valence-corrected chi connectivity index (χ0v) is 7.12. The van der Waals surface area contributed by atoms with Gasteiger partial charge >= 0.3 is 5.97 Å². The summed E-state index contributed by atoms with van der Waals surface area (Å²) in [4.78, 5) is 9.25. The molecule has 0 fully saturated rings. The number of rotatable bonds is 4. The first-order valence-electron chi connectivity index (χ1n) is 3.55. The van der Waals surface area contributed by atoms with E-state index in [9.17, 15) is 4.79 Å². The molecule has 0 atom stereocenters. The monoisotopic (exact) mass is 171 g/mol. The third kappa shape index (κ3) is 23.6. The number of carbonyl (C=O) groups is 1. The Hall–Kier alpha value is -1.50. The van der Waals surface area contributed by atoms with E-state index in [-0.39, 0.29) is 0 Å². The van der Waals surface area contributed by atoms with Crippen LogP contribution >= 0.6 is 0 Å². The summed E-state index contributed by atoms with van der Waals surface area (Å²) >= 11 is 0. The fourth-order valence-corrected chi connectivity index (χ4v) is 0.262. The Morgan fingerprint density at radius 3 is 2.58 bits per heavy atom. The lowest BCUT2D eigenvalue weighted by Gasteiger charge is -1.88. The molecule has 4 heteroatoms. The second-order valence-corrected chi connectivity index (χ2v) is 1.84. The number of hydrogen-bond acceptors (Lipinski definition) is 3. The van der Waals surface area contributed by atoms with Gasteiger partial charge in [-0.15, -0.1) is 0 Å². The molecule has 0 aromatic rings. The average molecular weight is 171 g/mol. The van der Waals surface area contributed by atoms with E-state index in [4.69, 9.17) is 10.4 Å². The number of aliphatic carboxylic acids is 1. The normalized spacial score (nSPS) is 7.00. The largest absolute Gasteiger partial charge is 0.478 e. The first kappa shape index (κ1) is 13.1. The first-order chi connectivity index (χ1) is 5.68. The van der Waals surface area contributed by atoms with Gasteiger partial charge in [-0.3, -0.25) is 0 Å².